The normalized spacial score (nSPS) is 13.3. The van der Waals surface area contributed by atoms with Crippen molar-refractivity contribution in [1.82, 2.24) is 20.0 Å². The molecule has 0 aliphatic rings. The summed E-state index contributed by atoms with van der Waals surface area (Å²) < 4.78 is 3.20. The van der Waals surface area contributed by atoms with Crippen molar-refractivity contribution < 1.29 is 0 Å². The van der Waals surface area contributed by atoms with E-state index in [-0.39, 0.29) is 0 Å². The first-order chi connectivity index (χ1) is 8.10. The zero-order valence-electron chi connectivity index (χ0n) is 11.2. The number of likely N-dealkylation sites (N-methyl/N-ethyl adjacent to an activating group) is 1. The molecule has 0 spiro atoms. The molecular formula is C12H23BrN4. The van der Waals surface area contributed by atoms with Crippen molar-refractivity contribution in [3.8, 4) is 0 Å². The summed E-state index contributed by atoms with van der Waals surface area (Å²) in [5.74, 6) is 0. The molecule has 1 heterocycles. The maximum atomic E-state index is 4.44. The van der Waals surface area contributed by atoms with Gasteiger partial charge in [0.15, 0.2) is 0 Å². The molecule has 98 valence electrons. The molecule has 1 aromatic rings. The average molecular weight is 303 g/mol. The zero-order valence-corrected chi connectivity index (χ0v) is 12.8. The average Bonchev–Trinajstić information content (AvgIpc) is 2.65. The minimum Gasteiger partial charge on any atom is -0.309 e. The Bertz CT molecular complexity index is 335. The highest BCUT2D eigenvalue weighted by molar-refractivity contribution is 9.10. The third kappa shape index (κ3) is 4.08. The summed E-state index contributed by atoms with van der Waals surface area (Å²) in [4.78, 5) is 2.17. The van der Waals surface area contributed by atoms with Gasteiger partial charge in [0, 0.05) is 6.54 Å². The molecule has 0 bridgehead atoms. The molecule has 1 rings (SSSR count). The molecule has 1 N–H and O–H groups in total. The molecule has 1 atom stereocenters. The molecule has 0 aromatic carbocycles. The standard InChI is InChI=1S/C12H23BrN4/c1-5-11(14-6-2)12-10(13)9-15-17(12)8-7-16(3)4/h9,11,14H,5-8H2,1-4H3. The summed E-state index contributed by atoms with van der Waals surface area (Å²) >= 11 is 3.60. The van der Waals surface area contributed by atoms with Crippen LogP contribution in [0.4, 0.5) is 0 Å². The van der Waals surface area contributed by atoms with Crippen molar-refractivity contribution in [2.75, 3.05) is 27.2 Å². The third-order valence-corrected chi connectivity index (χ3v) is 3.39. The second-order valence-electron chi connectivity index (χ2n) is 4.42. The van der Waals surface area contributed by atoms with Gasteiger partial charge in [-0.1, -0.05) is 13.8 Å². The lowest BCUT2D eigenvalue weighted by Crippen LogP contribution is -2.26. The van der Waals surface area contributed by atoms with Crippen molar-refractivity contribution >= 4 is 15.9 Å². The Morgan fingerprint density at radius 1 is 1.47 bits per heavy atom. The molecule has 1 aromatic heterocycles. The van der Waals surface area contributed by atoms with Gasteiger partial charge < -0.3 is 10.2 Å². The van der Waals surface area contributed by atoms with Crippen LogP contribution in [0.1, 0.15) is 32.0 Å². The second kappa shape index (κ2) is 7.13. The van der Waals surface area contributed by atoms with E-state index in [1.807, 2.05) is 6.20 Å². The summed E-state index contributed by atoms with van der Waals surface area (Å²) in [6, 6.07) is 0.374. The number of nitrogens with one attached hydrogen (secondary N) is 1. The van der Waals surface area contributed by atoms with Gasteiger partial charge in [0.2, 0.25) is 0 Å². The van der Waals surface area contributed by atoms with Gasteiger partial charge in [0.1, 0.15) is 0 Å². The van der Waals surface area contributed by atoms with Crippen LogP contribution >= 0.6 is 15.9 Å². The van der Waals surface area contributed by atoms with Crippen LogP contribution < -0.4 is 5.32 Å². The number of hydrogen-bond donors (Lipinski definition) is 1. The van der Waals surface area contributed by atoms with Gasteiger partial charge in [-0.2, -0.15) is 5.10 Å². The van der Waals surface area contributed by atoms with Gasteiger partial charge in [-0.25, -0.2) is 0 Å². The van der Waals surface area contributed by atoms with E-state index in [4.69, 9.17) is 0 Å². The number of nitrogens with zero attached hydrogens (tertiary/aromatic N) is 3. The lowest BCUT2D eigenvalue weighted by Gasteiger charge is -2.19. The topological polar surface area (TPSA) is 33.1 Å². The summed E-state index contributed by atoms with van der Waals surface area (Å²) in [5, 5.41) is 7.94. The Balaban J connectivity index is 2.84. The summed E-state index contributed by atoms with van der Waals surface area (Å²) in [5.41, 5.74) is 1.26. The van der Waals surface area contributed by atoms with Crippen molar-refractivity contribution in [2.24, 2.45) is 0 Å². The van der Waals surface area contributed by atoms with Gasteiger partial charge in [-0.05, 0) is 43.0 Å². The first kappa shape index (κ1) is 14.7. The number of halogens is 1. The molecule has 0 radical (unpaired) electrons. The second-order valence-corrected chi connectivity index (χ2v) is 5.28. The summed E-state index contributed by atoms with van der Waals surface area (Å²) in [7, 11) is 4.17. The van der Waals surface area contributed by atoms with Crippen molar-refractivity contribution in [3.63, 3.8) is 0 Å². The SMILES string of the molecule is CCNC(CC)c1c(Br)cnn1CCN(C)C. The fourth-order valence-corrected chi connectivity index (χ4v) is 2.44. The molecule has 0 amide bonds. The maximum absolute atomic E-state index is 4.44. The Kier molecular flexibility index (Phi) is 6.16. The monoisotopic (exact) mass is 302 g/mol. The molecule has 1 unspecified atom stereocenters. The van der Waals surface area contributed by atoms with E-state index < -0.39 is 0 Å². The third-order valence-electron chi connectivity index (χ3n) is 2.78. The molecular weight excluding hydrogens is 280 g/mol. The van der Waals surface area contributed by atoms with Crippen LogP contribution in [0.2, 0.25) is 0 Å². The number of aromatic nitrogens is 2. The van der Waals surface area contributed by atoms with Gasteiger partial charge in [0.25, 0.3) is 0 Å². The molecule has 17 heavy (non-hydrogen) atoms. The predicted molar refractivity (Wildman–Crippen MR) is 75.2 cm³/mol. The Hall–Kier alpha value is -0.390. The first-order valence-electron chi connectivity index (χ1n) is 6.19. The molecule has 0 aliphatic heterocycles. The van der Waals surface area contributed by atoms with Gasteiger partial charge in [-0.15, -0.1) is 0 Å². The van der Waals surface area contributed by atoms with E-state index in [1.165, 1.54) is 5.69 Å². The Morgan fingerprint density at radius 2 is 2.18 bits per heavy atom. The van der Waals surface area contributed by atoms with Crippen molar-refractivity contribution in [2.45, 2.75) is 32.9 Å². The predicted octanol–water partition coefficient (Wildman–Crippen LogP) is 2.27. The van der Waals surface area contributed by atoms with Crippen LogP contribution in [-0.4, -0.2) is 41.9 Å². The number of hydrogen-bond acceptors (Lipinski definition) is 3. The Labute approximate surface area is 113 Å². The molecule has 0 saturated heterocycles. The molecule has 0 saturated carbocycles. The van der Waals surface area contributed by atoms with Gasteiger partial charge in [0.05, 0.1) is 29.0 Å². The Morgan fingerprint density at radius 3 is 2.71 bits per heavy atom. The van der Waals surface area contributed by atoms with Crippen LogP contribution in [-0.2, 0) is 6.54 Å². The maximum Gasteiger partial charge on any atom is 0.0696 e. The van der Waals surface area contributed by atoms with E-state index in [0.29, 0.717) is 6.04 Å². The fraction of sp³-hybridized carbons (Fsp3) is 0.750. The van der Waals surface area contributed by atoms with Crippen molar-refractivity contribution in [3.05, 3.63) is 16.4 Å². The zero-order chi connectivity index (χ0) is 12.8. The summed E-state index contributed by atoms with van der Waals surface area (Å²) in [6.07, 6.45) is 2.96. The van der Waals surface area contributed by atoms with Crippen LogP contribution in [0.5, 0.6) is 0 Å². The van der Waals surface area contributed by atoms with Crippen LogP contribution in [0.25, 0.3) is 0 Å². The van der Waals surface area contributed by atoms with Crippen LogP contribution in [0.3, 0.4) is 0 Å². The first-order valence-corrected chi connectivity index (χ1v) is 6.98. The largest absolute Gasteiger partial charge is 0.309 e. The van der Waals surface area contributed by atoms with E-state index in [0.717, 1.165) is 30.5 Å². The highest BCUT2D eigenvalue weighted by Crippen LogP contribution is 2.25. The smallest absolute Gasteiger partial charge is 0.0696 e. The van der Waals surface area contributed by atoms with Gasteiger partial charge in [-0.3, -0.25) is 4.68 Å². The van der Waals surface area contributed by atoms with E-state index in [9.17, 15) is 0 Å². The minimum atomic E-state index is 0.374. The van der Waals surface area contributed by atoms with Crippen LogP contribution in [0, 0.1) is 0 Å². The molecule has 4 nitrogen and oxygen atoms in total. The van der Waals surface area contributed by atoms with E-state index in [1.54, 1.807) is 0 Å². The van der Waals surface area contributed by atoms with Gasteiger partial charge >= 0.3 is 0 Å². The highest BCUT2D eigenvalue weighted by Gasteiger charge is 2.17. The fourth-order valence-electron chi connectivity index (χ4n) is 1.87. The minimum absolute atomic E-state index is 0.374. The van der Waals surface area contributed by atoms with E-state index in [2.05, 4.69) is 63.9 Å². The quantitative estimate of drug-likeness (QED) is 0.839. The van der Waals surface area contributed by atoms with Crippen molar-refractivity contribution in [1.29, 1.82) is 0 Å². The highest BCUT2D eigenvalue weighted by atomic mass is 79.9. The lowest BCUT2D eigenvalue weighted by atomic mass is 10.1. The van der Waals surface area contributed by atoms with E-state index >= 15 is 0 Å². The molecule has 5 heteroatoms. The number of rotatable bonds is 7. The lowest BCUT2D eigenvalue weighted by molar-refractivity contribution is 0.361. The molecule has 0 aliphatic carbocycles. The summed E-state index contributed by atoms with van der Waals surface area (Å²) in [6.45, 7) is 7.24. The molecule has 0 fully saturated rings. The van der Waals surface area contributed by atoms with Crippen LogP contribution in [0.15, 0.2) is 10.7 Å².